The van der Waals surface area contributed by atoms with Crippen LogP contribution in [0.2, 0.25) is 0 Å². The maximum Gasteiger partial charge on any atom is 0.227 e. The van der Waals surface area contributed by atoms with Crippen molar-refractivity contribution in [2.45, 2.75) is 13.3 Å². The fraction of sp³-hybridized carbons (Fsp3) is 0.150. The number of benzene rings is 3. The molecule has 1 N–H and O–H groups in total. The molecule has 0 radical (unpaired) electrons. The van der Waals surface area contributed by atoms with Crippen LogP contribution in [0.25, 0.3) is 10.8 Å². The molecule has 0 unspecified atom stereocenters. The molecule has 116 valence electrons. The van der Waals surface area contributed by atoms with Gasteiger partial charge in [-0.1, -0.05) is 54.1 Å². The van der Waals surface area contributed by atoms with Crippen molar-refractivity contribution in [3.8, 4) is 5.75 Å². The van der Waals surface area contributed by atoms with Crippen molar-refractivity contribution in [2.75, 3.05) is 11.9 Å². The molecule has 23 heavy (non-hydrogen) atoms. The van der Waals surface area contributed by atoms with Gasteiger partial charge in [-0.2, -0.15) is 0 Å². The molecule has 3 rings (SSSR count). The molecule has 1 amide bonds. The number of rotatable bonds is 5. The zero-order chi connectivity index (χ0) is 16.1. The maximum atomic E-state index is 12.1. The fourth-order valence-electron chi connectivity index (χ4n) is 2.44. The topological polar surface area (TPSA) is 38.3 Å². The molecule has 0 bridgehead atoms. The smallest absolute Gasteiger partial charge is 0.227 e. The van der Waals surface area contributed by atoms with Gasteiger partial charge in [0.15, 0.2) is 0 Å². The number of hydrogen-bond donors (Lipinski definition) is 1. The predicted octanol–water partition coefficient (Wildman–Crippen LogP) is 4.56. The standard InChI is InChI=1S/C20H19NO2/c1-15-9-11-17(12-10-15)23-14-13-20(22)21-19-8-4-6-16-5-2-3-7-18(16)19/h2-12H,13-14H2,1H3,(H,21,22). The second kappa shape index (κ2) is 6.97. The molecule has 0 saturated heterocycles. The number of anilines is 1. The first-order valence-electron chi connectivity index (χ1n) is 7.69. The van der Waals surface area contributed by atoms with Gasteiger partial charge in [0.2, 0.25) is 5.91 Å². The average molecular weight is 305 g/mol. The molecule has 0 heterocycles. The molecule has 0 aliphatic carbocycles. The summed E-state index contributed by atoms with van der Waals surface area (Å²) < 4.78 is 5.60. The Kier molecular flexibility index (Phi) is 4.57. The first-order chi connectivity index (χ1) is 11.2. The molecule has 0 spiro atoms. The Balaban J connectivity index is 1.57. The van der Waals surface area contributed by atoms with Crippen LogP contribution in [0.1, 0.15) is 12.0 Å². The summed E-state index contributed by atoms with van der Waals surface area (Å²) in [4.78, 5) is 12.1. The van der Waals surface area contributed by atoms with Gasteiger partial charge in [-0.05, 0) is 30.5 Å². The molecule has 3 heteroatoms. The molecule has 3 aromatic rings. The minimum Gasteiger partial charge on any atom is -0.493 e. The first kappa shape index (κ1) is 15.1. The van der Waals surface area contributed by atoms with E-state index in [1.54, 1.807) is 0 Å². The third-order valence-electron chi connectivity index (χ3n) is 3.68. The Hall–Kier alpha value is -2.81. The number of nitrogens with one attached hydrogen (secondary N) is 1. The molecule has 0 aliphatic rings. The van der Waals surface area contributed by atoms with Gasteiger partial charge in [-0.25, -0.2) is 0 Å². The lowest BCUT2D eigenvalue weighted by molar-refractivity contribution is -0.116. The summed E-state index contributed by atoms with van der Waals surface area (Å²) in [6, 6.07) is 21.7. The molecule has 0 aliphatic heterocycles. The van der Waals surface area contributed by atoms with Crippen molar-refractivity contribution in [3.63, 3.8) is 0 Å². The normalized spacial score (nSPS) is 10.5. The van der Waals surface area contributed by atoms with Crippen molar-refractivity contribution >= 4 is 22.4 Å². The third-order valence-corrected chi connectivity index (χ3v) is 3.68. The summed E-state index contributed by atoms with van der Waals surface area (Å²) in [6.07, 6.45) is 0.317. The predicted molar refractivity (Wildman–Crippen MR) is 93.9 cm³/mol. The summed E-state index contributed by atoms with van der Waals surface area (Å²) in [5.41, 5.74) is 2.02. The summed E-state index contributed by atoms with van der Waals surface area (Å²) >= 11 is 0. The van der Waals surface area contributed by atoms with Gasteiger partial charge >= 0.3 is 0 Å². The Morgan fingerprint density at radius 2 is 1.70 bits per heavy atom. The monoisotopic (exact) mass is 305 g/mol. The summed E-state index contributed by atoms with van der Waals surface area (Å²) in [5, 5.41) is 5.12. The first-order valence-corrected chi connectivity index (χ1v) is 7.69. The van der Waals surface area contributed by atoms with E-state index in [-0.39, 0.29) is 5.91 Å². The van der Waals surface area contributed by atoms with Gasteiger partial charge in [-0.15, -0.1) is 0 Å². The zero-order valence-corrected chi connectivity index (χ0v) is 13.1. The van der Waals surface area contributed by atoms with E-state index in [2.05, 4.69) is 5.32 Å². The number of aryl methyl sites for hydroxylation is 1. The van der Waals surface area contributed by atoms with E-state index in [0.717, 1.165) is 22.2 Å². The van der Waals surface area contributed by atoms with Crippen LogP contribution in [0.15, 0.2) is 66.7 Å². The van der Waals surface area contributed by atoms with Crippen LogP contribution in [0.4, 0.5) is 5.69 Å². The highest BCUT2D eigenvalue weighted by Crippen LogP contribution is 2.23. The van der Waals surface area contributed by atoms with Crippen molar-refractivity contribution in [3.05, 3.63) is 72.3 Å². The Morgan fingerprint density at radius 1 is 0.957 bits per heavy atom. The van der Waals surface area contributed by atoms with Gasteiger partial charge in [-0.3, -0.25) is 4.79 Å². The van der Waals surface area contributed by atoms with Crippen molar-refractivity contribution in [1.82, 2.24) is 0 Å². The molecular weight excluding hydrogens is 286 g/mol. The van der Waals surface area contributed by atoms with Gasteiger partial charge in [0.25, 0.3) is 0 Å². The van der Waals surface area contributed by atoms with Crippen LogP contribution in [0.5, 0.6) is 5.75 Å². The maximum absolute atomic E-state index is 12.1. The van der Waals surface area contributed by atoms with E-state index in [4.69, 9.17) is 4.74 Å². The number of carbonyl (C=O) groups is 1. The van der Waals surface area contributed by atoms with E-state index in [9.17, 15) is 4.79 Å². The third kappa shape index (κ3) is 3.89. The van der Waals surface area contributed by atoms with E-state index in [1.165, 1.54) is 5.56 Å². The van der Waals surface area contributed by atoms with Crippen LogP contribution < -0.4 is 10.1 Å². The largest absolute Gasteiger partial charge is 0.493 e. The Morgan fingerprint density at radius 3 is 2.52 bits per heavy atom. The quantitative estimate of drug-likeness (QED) is 0.750. The van der Waals surface area contributed by atoms with E-state index in [0.29, 0.717) is 13.0 Å². The lowest BCUT2D eigenvalue weighted by Gasteiger charge is -2.09. The highest BCUT2D eigenvalue weighted by Gasteiger charge is 2.06. The molecule has 3 aromatic carbocycles. The van der Waals surface area contributed by atoms with Gasteiger partial charge < -0.3 is 10.1 Å². The second-order valence-corrected chi connectivity index (χ2v) is 5.49. The van der Waals surface area contributed by atoms with E-state index < -0.39 is 0 Å². The molecular formula is C20H19NO2. The number of amides is 1. The Labute approximate surface area is 135 Å². The zero-order valence-electron chi connectivity index (χ0n) is 13.1. The van der Waals surface area contributed by atoms with E-state index >= 15 is 0 Å². The molecule has 0 saturated carbocycles. The lowest BCUT2D eigenvalue weighted by Crippen LogP contribution is -2.15. The Bertz CT molecular complexity index is 804. The summed E-state index contributed by atoms with van der Waals surface area (Å²) in [7, 11) is 0. The SMILES string of the molecule is Cc1ccc(OCCC(=O)Nc2cccc3ccccc23)cc1. The van der Waals surface area contributed by atoms with Crippen LogP contribution >= 0.6 is 0 Å². The number of hydrogen-bond acceptors (Lipinski definition) is 2. The van der Waals surface area contributed by atoms with Crippen molar-refractivity contribution in [2.24, 2.45) is 0 Å². The van der Waals surface area contributed by atoms with Gasteiger partial charge in [0.05, 0.1) is 13.0 Å². The number of carbonyl (C=O) groups excluding carboxylic acids is 1. The van der Waals surface area contributed by atoms with E-state index in [1.807, 2.05) is 73.7 Å². The summed E-state index contributed by atoms with van der Waals surface area (Å²) in [6.45, 7) is 2.39. The highest BCUT2D eigenvalue weighted by atomic mass is 16.5. The molecule has 3 nitrogen and oxygen atoms in total. The van der Waals surface area contributed by atoms with Crippen LogP contribution in [-0.2, 0) is 4.79 Å². The number of fused-ring (bicyclic) bond motifs is 1. The highest BCUT2D eigenvalue weighted by molar-refractivity contribution is 6.02. The molecule has 0 atom stereocenters. The lowest BCUT2D eigenvalue weighted by atomic mass is 10.1. The summed E-state index contributed by atoms with van der Waals surface area (Å²) in [5.74, 6) is 0.738. The van der Waals surface area contributed by atoms with Gasteiger partial charge in [0.1, 0.15) is 5.75 Å². The molecule has 0 fully saturated rings. The van der Waals surface area contributed by atoms with Gasteiger partial charge in [0, 0.05) is 11.1 Å². The fourth-order valence-corrected chi connectivity index (χ4v) is 2.44. The van der Waals surface area contributed by atoms with Crippen molar-refractivity contribution < 1.29 is 9.53 Å². The number of ether oxygens (including phenoxy) is 1. The van der Waals surface area contributed by atoms with Crippen LogP contribution in [-0.4, -0.2) is 12.5 Å². The average Bonchev–Trinajstić information content (AvgIpc) is 2.57. The minimum atomic E-state index is -0.0477. The minimum absolute atomic E-state index is 0.0477. The van der Waals surface area contributed by atoms with Crippen LogP contribution in [0, 0.1) is 6.92 Å². The van der Waals surface area contributed by atoms with Crippen LogP contribution in [0.3, 0.4) is 0 Å². The second-order valence-electron chi connectivity index (χ2n) is 5.49. The van der Waals surface area contributed by atoms with Crippen molar-refractivity contribution in [1.29, 1.82) is 0 Å². The molecule has 0 aromatic heterocycles.